The lowest BCUT2D eigenvalue weighted by atomic mass is 10.2. The van der Waals surface area contributed by atoms with Crippen LogP contribution in [0.2, 0.25) is 10.0 Å². The van der Waals surface area contributed by atoms with Crippen molar-refractivity contribution in [3.63, 3.8) is 0 Å². The van der Waals surface area contributed by atoms with Gasteiger partial charge >= 0.3 is 0 Å². The third-order valence-corrected chi connectivity index (χ3v) is 3.60. The second-order valence-electron chi connectivity index (χ2n) is 4.16. The Morgan fingerprint density at radius 1 is 1.24 bits per heavy atom. The Kier molecular flexibility index (Phi) is 4.26. The molecule has 0 heterocycles. The molecule has 1 aliphatic carbocycles. The molecule has 1 aromatic carbocycles. The Balaban J connectivity index is 2.34. The maximum Gasteiger partial charge on any atom is 0.145 e. The smallest absolute Gasteiger partial charge is 0.145 e. The summed E-state index contributed by atoms with van der Waals surface area (Å²) in [5.41, 5.74) is 3.29. The number of aliphatic imine (C=N–C) groups is 1. The number of hydrazine groups is 1. The van der Waals surface area contributed by atoms with Crippen molar-refractivity contribution < 1.29 is 0 Å². The molecule has 0 bridgehead atoms. The average Bonchev–Trinajstić information content (AvgIpc) is 2.80. The minimum absolute atomic E-state index is 0.327. The summed E-state index contributed by atoms with van der Waals surface area (Å²) in [5.74, 6) is 6.10. The highest BCUT2D eigenvalue weighted by Crippen LogP contribution is 2.26. The molecule has 0 radical (unpaired) electrons. The Hall–Kier alpha value is -0.770. The maximum absolute atomic E-state index is 6.13. The zero-order chi connectivity index (χ0) is 12.3. The van der Waals surface area contributed by atoms with Gasteiger partial charge < -0.3 is 5.43 Å². The Labute approximate surface area is 111 Å². The zero-order valence-electron chi connectivity index (χ0n) is 9.42. The van der Waals surface area contributed by atoms with Gasteiger partial charge in [-0.05, 0) is 25.0 Å². The number of nitrogens with two attached hydrogens (primary N) is 1. The van der Waals surface area contributed by atoms with Crippen LogP contribution < -0.4 is 11.3 Å². The number of nitrogens with zero attached hydrogens (tertiary/aromatic N) is 1. The van der Waals surface area contributed by atoms with Crippen LogP contribution in [-0.4, -0.2) is 11.9 Å². The summed E-state index contributed by atoms with van der Waals surface area (Å²) in [6.45, 7) is 0. The van der Waals surface area contributed by atoms with Crippen molar-refractivity contribution in [2.45, 2.75) is 31.7 Å². The molecule has 0 spiro atoms. The molecule has 3 nitrogen and oxygen atoms in total. The second kappa shape index (κ2) is 5.71. The predicted molar refractivity (Wildman–Crippen MR) is 72.6 cm³/mol. The topological polar surface area (TPSA) is 50.4 Å². The number of hydrogen-bond donors (Lipinski definition) is 2. The lowest BCUT2D eigenvalue weighted by Gasteiger charge is -2.12. The van der Waals surface area contributed by atoms with E-state index in [1.54, 1.807) is 18.2 Å². The molecule has 2 rings (SSSR count). The van der Waals surface area contributed by atoms with E-state index in [0.29, 0.717) is 27.5 Å². The number of rotatable bonds is 2. The molecule has 1 saturated carbocycles. The number of benzene rings is 1. The molecule has 0 atom stereocenters. The molecule has 1 fully saturated rings. The summed E-state index contributed by atoms with van der Waals surface area (Å²) in [7, 11) is 0. The second-order valence-corrected chi connectivity index (χ2v) is 4.97. The van der Waals surface area contributed by atoms with Crippen molar-refractivity contribution >= 4 is 29.0 Å². The fourth-order valence-corrected chi connectivity index (χ4v) is 2.69. The van der Waals surface area contributed by atoms with Gasteiger partial charge in [0.1, 0.15) is 5.84 Å². The van der Waals surface area contributed by atoms with Crippen LogP contribution in [0.25, 0.3) is 0 Å². The SMILES string of the molecule is NNC(=NC1CCCC1)c1c(Cl)cccc1Cl. The van der Waals surface area contributed by atoms with Gasteiger partial charge in [0.15, 0.2) is 0 Å². The Bertz CT molecular complexity index is 406. The first kappa shape index (κ1) is 12.7. The summed E-state index contributed by atoms with van der Waals surface area (Å²) in [6.07, 6.45) is 4.66. The van der Waals surface area contributed by atoms with Crippen LogP contribution in [0.3, 0.4) is 0 Å². The van der Waals surface area contributed by atoms with Gasteiger partial charge in [0.25, 0.3) is 0 Å². The fourth-order valence-electron chi connectivity index (χ4n) is 2.11. The van der Waals surface area contributed by atoms with E-state index in [1.807, 2.05) is 0 Å². The average molecular weight is 272 g/mol. The van der Waals surface area contributed by atoms with Crippen molar-refractivity contribution in [2.75, 3.05) is 0 Å². The van der Waals surface area contributed by atoms with E-state index in [1.165, 1.54) is 12.8 Å². The maximum atomic E-state index is 6.13. The van der Waals surface area contributed by atoms with E-state index in [9.17, 15) is 0 Å². The third-order valence-electron chi connectivity index (χ3n) is 2.97. The first-order valence-corrected chi connectivity index (χ1v) is 6.46. The van der Waals surface area contributed by atoms with Crippen LogP contribution >= 0.6 is 23.2 Å². The third kappa shape index (κ3) is 2.92. The van der Waals surface area contributed by atoms with E-state index < -0.39 is 0 Å². The molecule has 1 aliphatic rings. The highest BCUT2D eigenvalue weighted by Gasteiger charge is 2.17. The van der Waals surface area contributed by atoms with Gasteiger partial charge in [-0.3, -0.25) is 4.99 Å². The molecule has 3 N–H and O–H groups in total. The highest BCUT2D eigenvalue weighted by atomic mass is 35.5. The lowest BCUT2D eigenvalue weighted by Crippen LogP contribution is -2.32. The molecule has 0 amide bonds. The minimum Gasteiger partial charge on any atom is -0.308 e. The van der Waals surface area contributed by atoms with E-state index in [2.05, 4.69) is 10.4 Å². The number of hydrogen-bond acceptors (Lipinski definition) is 2. The molecule has 0 saturated heterocycles. The van der Waals surface area contributed by atoms with E-state index >= 15 is 0 Å². The molecule has 92 valence electrons. The normalized spacial score (nSPS) is 17.5. The number of nitrogens with one attached hydrogen (secondary N) is 1. The molecular weight excluding hydrogens is 257 g/mol. The standard InChI is InChI=1S/C12H15Cl2N3/c13-9-6-3-7-10(14)11(9)12(17-15)16-8-4-1-2-5-8/h3,6-8H,1-2,4-5,15H2,(H,16,17). The van der Waals surface area contributed by atoms with Crippen molar-refractivity contribution in [3.05, 3.63) is 33.8 Å². The van der Waals surface area contributed by atoms with Crippen LogP contribution in [0, 0.1) is 0 Å². The summed E-state index contributed by atoms with van der Waals surface area (Å²) in [6, 6.07) is 5.69. The van der Waals surface area contributed by atoms with Crippen molar-refractivity contribution in [2.24, 2.45) is 10.8 Å². The van der Waals surface area contributed by atoms with Crippen LogP contribution in [-0.2, 0) is 0 Å². The van der Waals surface area contributed by atoms with Gasteiger partial charge in [-0.15, -0.1) is 0 Å². The number of amidine groups is 1. The zero-order valence-corrected chi connectivity index (χ0v) is 10.9. The monoisotopic (exact) mass is 271 g/mol. The quantitative estimate of drug-likeness (QED) is 0.376. The molecule has 0 unspecified atom stereocenters. The van der Waals surface area contributed by atoms with E-state index in [-0.39, 0.29) is 0 Å². The van der Waals surface area contributed by atoms with Gasteiger partial charge in [-0.1, -0.05) is 42.1 Å². The Morgan fingerprint density at radius 3 is 2.35 bits per heavy atom. The predicted octanol–water partition coefficient (Wildman–Crippen LogP) is 3.15. The van der Waals surface area contributed by atoms with Gasteiger partial charge in [0, 0.05) is 0 Å². The van der Waals surface area contributed by atoms with E-state index in [0.717, 1.165) is 12.8 Å². The van der Waals surface area contributed by atoms with Crippen molar-refractivity contribution in [1.29, 1.82) is 0 Å². The summed E-state index contributed by atoms with van der Waals surface area (Å²) >= 11 is 12.3. The van der Waals surface area contributed by atoms with Gasteiger partial charge in [-0.25, -0.2) is 5.84 Å². The highest BCUT2D eigenvalue weighted by molar-refractivity contribution is 6.40. The molecule has 17 heavy (non-hydrogen) atoms. The largest absolute Gasteiger partial charge is 0.308 e. The minimum atomic E-state index is 0.327. The van der Waals surface area contributed by atoms with Crippen LogP contribution in [0.1, 0.15) is 31.2 Å². The van der Waals surface area contributed by atoms with Gasteiger partial charge in [0.2, 0.25) is 0 Å². The lowest BCUT2D eigenvalue weighted by molar-refractivity contribution is 0.701. The molecule has 0 aliphatic heterocycles. The van der Waals surface area contributed by atoms with Crippen LogP contribution in [0.4, 0.5) is 0 Å². The number of halogens is 2. The van der Waals surface area contributed by atoms with Crippen molar-refractivity contribution in [3.8, 4) is 0 Å². The van der Waals surface area contributed by atoms with Gasteiger partial charge in [0.05, 0.1) is 21.7 Å². The summed E-state index contributed by atoms with van der Waals surface area (Å²) in [5, 5.41) is 1.12. The summed E-state index contributed by atoms with van der Waals surface area (Å²) < 4.78 is 0. The van der Waals surface area contributed by atoms with Gasteiger partial charge in [-0.2, -0.15) is 0 Å². The molecule has 1 aromatic rings. The van der Waals surface area contributed by atoms with Crippen LogP contribution in [0.5, 0.6) is 0 Å². The van der Waals surface area contributed by atoms with Crippen LogP contribution in [0.15, 0.2) is 23.2 Å². The van der Waals surface area contributed by atoms with E-state index in [4.69, 9.17) is 29.0 Å². The fraction of sp³-hybridized carbons (Fsp3) is 0.417. The van der Waals surface area contributed by atoms with Crippen molar-refractivity contribution in [1.82, 2.24) is 5.43 Å². The molecule has 5 heteroatoms. The molecule has 0 aromatic heterocycles. The first-order valence-electron chi connectivity index (χ1n) is 5.71. The first-order chi connectivity index (χ1) is 8.22. The molecular formula is C12H15Cl2N3. The summed E-state index contributed by atoms with van der Waals surface area (Å²) in [4.78, 5) is 4.60. The Morgan fingerprint density at radius 2 is 1.82 bits per heavy atom.